The Morgan fingerprint density at radius 2 is 1.54 bits per heavy atom. The minimum Gasteiger partial charge on any atom is -0.481 e. The van der Waals surface area contributed by atoms with Crippen LogP contribution in [-0.4, -0.2) is 74.8 Å². The van der Waals surface area contributed by atoms with E-state index in [-0.39, 0.29) is 5.91 Å². The van der Waals surface area contributed by atoms with Gasteiger partial charge in [-0.1, -0.05) is 48.5 Å². The molecular weight excluding hydrogens is 605 g/mol. The Hall–Kier alpha value is -5.37. The summed E-state index contributed by atoms with van der Waals surface area (Å²) in [6.07, 6.45) is -1.01. The number of pyridine rings is 1. The molecule has 11 nitrogen and oxygen atoms in total. The Morgan fingerprint density at radius 1 is 0.913 bits per heavy atom. The summed E-state index contributed by atoms with van der Waals surface area (Å²) in [5.74, 6) is -2.32. The van der Waals surface area contributed by atoms with Gasteiger partial charge < -0.3 is 9.84 Å². The molecule has 0 unspecified atom stereocenters. The Labute approximate surface area is 261 Å². The molecule has 2 aliphatic rings. The predicted molar refractivity (Wildman–Crippen MR) is 161 cm³/mol. The van der Waals surface area contributed by atoms with Gasteiger partial charge in [0.15, 0.2) is 0 Å². The van der Waals surface area contributed by atoms with Gasteiger partial charge in [-0.15, -0.1) is 0 Å². The zero-order chi connectivity index (χ0) is 32.9. The first-order chi connectivity index (χ1) is 22.0. The quantitative estimate of drug-likeness (QED) is 0.285. The second-order valence-electron chi connectivity index (χ2n) is 10.5. The maximum Gasteiger partial charge on any atom is 0.490 e. The fraction of sp³-hybridized carbons (Fsp3) is 0.250. The lowest BCUT2D eigenvalue weighted by molar-refractivity contribution is -0.192. The number of piperidine rings is 1. The summed E-state index contributed by atoms with van der Waals surface area (Å²) in [6, 6.07) is 24.5. The van der Waals surface area contributed by atoms with E-state index < -0.39 is 23.7 Å². The number of amides is 3. The van der Waals surface area contributed by atoms with Crippen molar-refractivity contribution in [1.29, 1.82) is 0 Å². The molecule has 2 aromatic heterocycles. The number of likely N-dealkylation sites (tertiary alicyclic amines) is 1. The van der Waals surface area contributed by atoms with Crippen LogP contribution in [0.5, 0.6) is 5.88 Å². The molecule has 0 atom stereocenters. The molecule has 4 heterocycles. The van der Waals surface area contributed by atoms with Gasteiger partial charge in [-0.05, 0) is 48.2 Å². The molecule has 1 spiro atoms. The van der Waals surface area contributed by atoms with E-state index in [0.29, 0.717) is 49.9 Å². The van der Waals surface area contributed by atoms with Crippen molar-refractivity contribution >= 4 is 29.4 Å². The third kappa shape index (κ3) is 6.66. The number of methoxy groups -OCH3 is 1. The topological polar surface area (TPSA) is 129 Å². The van der Waals surface area contributed by atoms with Gasteiger partial charge in [-0.2, -0.15) is 13.2 Å². The monoisotopic (exact) mass is 634 g/mol. The Morgan fingerprint density at radius 3 is 2.13 bits per heavy atom. The van der Waals surface area contributed by atoms with Gasteiger partial charge in [0.25, 0.3) is 5.91 Å². The maximum atomic E-state index is 14.2. The standard InChI is InChI=1S/C30H28N6O3.C2HF3O2/c1-39-27-19-26(32-21-33-27)36-29(38)35(25-12-10-23(11-13-25)22-7-3-2-4-8-22)28(37)30(36)14-17-34(18-15-30)20-24-9-5-6-16-31-24;3-2(4,5)1(6)7/h2-13,16,19,21H,14-15,17-18,20H2,1H3;(H,6,7). The summed E-state index contributed by atoms with van der Waals surface area (Å²) >= 11 is 0. The third-order valence-electron chi connectivity index (χ3n) is 7.75. The molecule has 46 heavy (non-hydrogen) atoms. The fourth-order valence-electron chi connectivity index (χ4n) is 5.46. The van der Waals surface area contributed by atoms with Gasteiger partial charge in [0.05, 0.1) is 18.5 Å². The molecule has 3 amide bonds. The molecule has 14 heteroatoms. The first-order valence-corrected chi connectivity index (χ1v) is 14.2. The average Bonchev–Trinajstić information content (AvgIpc) is 3.27. The minimum atomic E-state index is -5.08. The number of nitrogens with zero attached hydrogens (tertiary/aromatic N) is 6. The highest BCUT2D eigenvalue weighted by Crippen LogP contribution is 2.42. The second kappa shape index (κ2) is 13.3. The summed E-state index contributed by atoms with van der Waals surface area (Å²) in [5.41, 5.74) is 2.51. The van der Waals surface area contributed by atoms with Crippen molar-refractivity contribution in [3.8, 4) is 17.0 Å². The number of ether oxygens (including phenoxy) is 1. The third-order valence-corrected chi connectivity index (χ3v) is 7.75. The summed E-state index contributed by atoms with van der Waals surface area (Å²) in [4.78, 5) is 55.1. The van der Waals surface area contributed by atoms with E-state index in [4.69, 9.17) is 14.6 Å². The number of hydrogen-bond donors (Lipinski definition) is 1. The summed E-state index contributed by atoms with van der Waals surface area (Å²) < 4.78 is 37.0. The summed E-state index contributed by atoms with van der Waals surface area (Å²) in [6.45, 7) is 1.95. The molecule has 0 radical (unpaired) electrons. The molecule has 4 aromatic rings. The van der Waals surface area contributed by atoms with Crippen LogP contribution in [0.4, 0.5) is 29.5 Å². The van der Waals surface area contributed by atoms with Crippen LogP contribution in [0.1, 0.15) is 18.5 Å². The Balaban J connectivity index is 0.000000537. The van der Waals surface area contributed by atoms with Crippen LogP contribution in [-0.2, 0) is 16.1 Å². The number of benzene rings is 2. The molecular formula is C32H29F3N6O5. The van der Waals surface area contributed by atoms with Crippen LogP contribution < -0.4 is 14.5 Å². The number of carboxylic acids is 1. The maximum absolute atomic E-state index is 14.2. The van der Waals surface area contributed by atoms with E-state index in [2.05, 4.69) is 19.9 Å². The van der Waals surface area contributed by atoms with E-state index >= 15 is 0 Å². The van der Waals surface area contributed by atoms with Crippen molar-refractivity contribution in [2.24, 2.45) is 0 Å². The number of carboxylic acid groups (broad SMARTS) is 1. The van der Waals surface area contributed by atoms with E-state index in [0.717, 1.165) is 16.8 Å². The normalized spacial score (nSPS) is 16.3. The molecule has 0 bridgehead atoms. The highest BCUT2D eigenvalue weighted by molar-refractivity contribution is 6.30. The molecule has 0 saturated carbocycles. The van der Waals surface area contributed by atoms with Crippen molar-refractivity contribution in [2.45, 2.75) is 31.1 Å². The van der Waals surface area contributed by atoms with Crippen molar-refractivity contribution < 1.29 is 37.4 Å². The number of carbonyl (C=O) groups excluding carboxylic acids is 2. The number of halogens is 3. The van der Waals surface area contributed by atoms with Crippen molar-refractivity contribution in [2.75, 3.05) is 30.0 Å². The first-order valence-electron chi connectivity index (χ1n) is 14.2. The average molecular weight is 635 g/mol. The molecule has 2 aliphatic heterocycles. The predicted octanol–water partition coefficient (Wildman–Crippen LogP) is 5.19. The molecule has 2 aromatic carbocycles. The van der Waals surface area contributed by atoms with E-state index in [1.807, 2.05) is 72.8 Å². The minimum absolute atomic E-state index is 0.241. The van der Waals surface area contributed by atoms with Gasteiger partial charge in [-0.25, -0.2) is 24.5 Å². The van der Waals surface area contributed by atoms with E-state index in [1.165, 1.54) is 18.3 Å². The smallest absolute Gasteiger partial charge is 0.481 e. The van der Waals surface area contributed by atoms with Gasteiger partial charge in [0.2, 0.25) is 5.88 Å². The van der Waals surface area contributed by atoms with Gasteiger partial charge in [0.1, 0.15) is 17.7 Å². The number of aliphatic carboxylic acids is 1. The number of anilines is 2. The first kappa shape index (κ1) is 32.0. The van der Waals surface area contributed by atoms with E-state index in [9.17, 15) is 22.8 Å². The van der Waals surface area contributed by atoms with Gasteiger partial charge >= 0.3 is 18.2 Å². The molecule has 2 saturated heterocycles. The van der Waals surface area contributed by atoms with Crippen LogP contribution in [0.2, 0.25) is 0 Å². The van der Waals surface area contributed by atoms with Crippen LogP contribution >= 0.6 is 0 Å². The second-order valence-corrected chi connectivity index (χ2v) is 10.5. The number of carbonyl (C=O) groups is 3. The molecule has 0 aliphatic carbocycles. The number of urea groups is 1. The van der Waals surface area contributed by atoms with Crippen molar-refractivity contribution in [3.05, 3.63) is 97.1 Å². The number of hydrogen-bond acceptors (Lipinski definition) is 8. The largest absolute Gasteiger partial charge is 0.490 e. The SMILES string of the molecule is COc1cc(N2C(=O)N(c3ccc(-c4ccccc4)cc3)C(=O)C23CCN(Cc2ccccn2)CC3)ncn1.O=C(O)C(F)(F)F. The number of aromatic nitrogens is 3. The number of rotatable bonds is 6. The van der Waals surface area contributed by atoms with Crippen LogP contribution in [0.3, 0.4) is 0 Å². The summed E-state index contributed by atoms with van der Waals surface area (Å²) in [5, 5.41) is 7.12. The fourth-order valence-corrected chi connectivity index (χ4v) is 5.46. The van der Waals surface area contributed by atoms with Crippen molar-refractivity contribution in [1.82, 2.24) is 19.9 Å². The zero-order valence-electron chi connectivity index (χ0n) is 24.6. The number of imide groups is 1. The van der Waals surface area contributed by atoms with Crippen LogP contribution in [0.25, 0.3) is 11.1 Å². The molecule has 2 fully saturated rings. The summed E-state index contributed by atoms with van der Waals surface area (Å²) in [7, 11) is 1.51. The lowest BCUT2D eigenvalue weighted by atomic mass is 9.85. The molecule has 6 rings (SSSR count). The molecule has 1 N–H and O–H groups in total. The number of alkyl halides is 3. The zero-order valence-corrected chi connectivity index (χ0v) is 24.6. The highest BCUT2D eigenvalue weighted by Gasteiger charge is 2.59. The Bertz CT molecular complexity index is 1680. The van der Waals surface area contributed by atoms with Crippen LogP contribution in [0, 0.1) is 0 Å². The van der Waals surface area contributed by atoms with Crippen molar-refractivity contribution in [3.63, 3.8) is 0 Å². The van der Waals surface area contributed by atoms with E-state index in [1.54, 1.807) is 17.2 Å². The highest BCUT2D eigenvalue weighted by atomic mass is 19.4. The van der Waals surface area contributed by atoms with Crippen LogP contribution in [0.15, 0.2) is 91.4 Å². The molecule has 238 valence electrons. The lowest BCUT2D eigenvalue weighted by Crippen LogP contribution is -2.57. The van der Waals surface area contributed by atoms with Gasteiger partial charge in [0, 0.05) is 31.9 Å². The lowest BCUT2D eigenvalue weighted by Gasteiger charge is -2.41. The Kier molecular flexibility index (Phi) is 9.28. The van der Waals surface area contributed by atoms with Gasteiger partial charge in [-0.3, -0.25) is 19.6 Å².